The van der Waals surface area contributed by atoms with Crippen molar-refractivity contribution in [1.82, 2.24) is 0 Å². The summed E-state index contributed by atoms with van der Waals surface area (Å²) in [4.78, 5) is 12.4. The number of allylic oxidation sites excluding steroid dienone is 2. The number of carbonyl (C=O) groups is 1. The molecule has 0 amide bonds. The number of aldehydes is 1. The highest BCUT2D eigenvalue weighted by Crippen LogP contribution is 2.75. The van der Waals surface area contributed by atoms with Crippen molar-refractivity contribution >= 4 is 6.29 Å². The van der Waals surface area contributed by atoms with E-state index in [1.54, 1.807) is 5.57 Å². The molecule has 4 saturated carbocycles. The quantitative estimate of drug-likeness (QED) is 0.306. The highest BCUT2D eigenvalue weighted by atomic mass is 16.1. The SMILES string of the molecule is C[C@@H]1CC[C@]2(C)CC[C@]3(C)C(=CC[C@@H]4[C@@]5(C)CCCC(C)(C)C5CC[C@]43C)[C@@H]2[C@H]1C=O. The molecule has 0 aliphatic heterocycles. The second kappa shape index (κ2) is 6.73. The second-order valence-corrected chi connectivity index (χ2v) is 14.5. The molecule has 0 spiro atoms. The molecule has 0 N–H and O–H groups in total. The summed E-state index contributed by atoms with van der Waals surface area (Å²) in [6.07, 6.45) is 17.6. The molecular weight excluding hydrogens is 376 g/mol. The molecule has 0 saturated heterocycles. The lowest BCUT2D eigenvalue weighted by Crippen LogP contribution is -2.63. The third-order valence-electron chi connectivity index (χ3n) is 12.9. The van der Waals surface area contributed by atoms with Crippen LogP contribution in [0.25, 0.3) is 0 Å². The summed E-state index contributed by atoms with van der Waals surface area (Å²) in [6, 6.07) is 0. The first-order valence-electron chi connectivity index (χ1n) is 13.6. The number of rotatable bonds is 1. The summed E-state index contributed by atoms with van der Waals surface area (Å²) in [7, 11) is 0. The molecule has 31 heavy (non-hydrogen) atoms. The Labute approximate surface area is 192 Å². The van der Waals surface area contributed by atoms with E-state index in [-0.39, 0.29) is 11.3 Å². The fourth-order valence-electron chi connectivity index (χ4n) is 10.8. The van der Waals surface area contributed by atoms with Crippen LogP contribution in [0.5, 0.6) is 0 Å². The molecule has 4 fully saturated rings. The van der Waals surface area contributed by atoms with E-state index in [1.165, 1.54) is 70.5 Å². The first kappa shape index (κ1) is 22.2. The van der Waals surface area contributed by atoms with Crippen molar-refractivity contribution < 1.29 is 4.79 Å². The van der Waals surface area contributed by atoms with Crippen molar-refractivity contribution in [2.75, 3.05) is 0 Å². The van der Waals surface area contributed by atoms with Crippen LogP contribution in [0, 0.1) is 56.7 Å². The lowest BCUT2D eigenvalue weighted by molar-refractivity contribution is -0.181. The molecule has 1 unspecified atom stereocenters. The van der Waals surface area contributed by atoms with Crippen LogP contribution in [-0.2, 0) is 4.79 Å². The van der Waals surface area contributed by atoms with Gasteiger partial charge in [-0.2, -0.15) is 0 Å². The normalized spacial score (nSPS) is 55.7. The Hall–Kier alpha value is -0.590. The van der Waals surface area contributed by atoms with Crippen LogP contribution in [0.1, 0.15) is 113 Å². The van der Waals surface area contributed by atoms with Crippen LogP contribution in [0.3, 0.4) is 0 Å². The van der Waals surface area contributed by atoms with Gasteiger partial charge < -0.3 is 4.79 Å². The van der Waals surface area contributed by atoms with E-state index in [0.717, 1.165) is 11.8 Å². The van der Waals surface area contributed by atoms with Crippen molar-refractivity contribution in [3.05, 3.63) is 11.6 Å². The summed E-state index contributed by atoms with van der Waals surface area (Å²) in [6.45, 7) is 18.0. The van der Waals surface area contributed by atoms with Gasteiger partial charge in [-0.3, -0.25) is 0 Å². The molecule has 1 heteroatoms. The van der Waals surface area contributed by atoms with E-state index in [1.807, 2.05) is 0 Å². The predicted molar refractivity (Wildman–Crippen MR) is 130 cm³/mol. The minimum atomic E-state index is 0.227. The van der Waals surface area contributed by atoms with Crippen LogP contribution >= 0.6 is 0 Å². The van der Waals surface area contributed by atoms with Crippen LogP contribution in [0.15, 0.2) is 11.6 Å². The Morgan fingerprint density at radius 3 is 2.32 bits per heavy atom. The van der Waals surface area contributed by atoms with E-state index < -0.39 is 0 Å². The van der Waals surface area contributed by atoms with Crippen molar-refractivity contribution in [2.24, 2.45) is 56.7 Å². The van der Waals surface area contributed by atoms with E-state index in [0.29, 0.717) is 33.5 Å². The van der Waals surface area contributed by atoms with Crippen molar-refractivity contribution in [3.8, 4) is 0 Å². The molecule has 5 aliphatic carbocycles. The van der Waals surface area contributed by atoms with Crippen molar-refractivity contribution in [1.29, 1.82) is 0 Å². The Bertz CT molecular complexity index is 792. The van der Waals surface area contributed by atoms with Crippen LogP contribution in [0.4, 0.5) is 0 Å². The molecule has 0 heterocycles. The lowest BCUT2D eigenvalue weighted by atomic mass is 9.33. The number of hydrogen-bond donors (Lipinski definition) is 0. The monoisotopic (exact) mass is 424 g/mol. The molecule has 1 nitrogen and oxygen atoms in total. The molecule has 9 atom stereocenters. The zero-order chi connectivity index (χ0) is 22.4. The van der Waals surface area contributed by atoms with E-state index in [4.69, 9.17) is 0 Å². The third kappa shape index (κ3) is 2.70. The van der Waals surface area contributed by atoms with Gasteiger partial charge in [0.05, 0.1) is 0 Å². The molecule has 0 aromatic heterocycles. The maximum absolute atomic E-state index is 12.4. The molecule has 5 aliphatic rings. The topological polar surface area (TPSA) is 17.1 Å². The standard InChI is InChI=1S/C30H48O/c1-20-11-15-27(4)17-18-29(6)22(25(27)21(20)19-31)9-10-24-28(5)14-8-13-26(2,3)23(28)12-16-30(24,29)7/h9,19-21,23-25H,8,10-18H2,1-7H3/t20-,21+,23?,24-,25+,27-,28+,29-,30-/m1/s1. The molecule has 0 aromatic carbocycles. The Morgan fingerprint density at radius 1 is 0.871 bits per heavy atom. The fourth-order valence-corrected chi connectivity index (χ4v) is 10.8. The zero-order valence-corrected chi connectivity index (χ0v) is 21.5. The zero-order valence-electron chi connectivity index (χ0n) is 21.5. The Balaban J connectivity index is 1.61. The van der Waals surface area contributed by atoms with Crippen molar-refractivity contribution in [3.63, 3.8) is 0 Å². The van der Waals surface area contributed by atoms with Crippen LogP contribution in [0.2, 0.25) is 0 Å². The second-order valence-electron chi connectivity index (χ2n) is 14.5. The molecule has 0 aromatic rings. The maximum Gasteiger partial charge on any atom is 0.123 e. The highest BCUT2D eigenvalue weighted by molar-refractivity contribution is 5.57. The first-order valence-corrected chi connectivity index (χ1v) is 13.6. The third-order valence-corrected chi connectivity index (χ3v) is 12.9. The molecule has 5 rings (SSSR count). The minimum absolute atomic E-state index is 0.227. The summed E-state index contributed by atoms with van der Waals surface area (Å²) >= 11 is 0. The summed E-state index contributed by atoms with van der Waals surface area (Å²) in [5.74, 6) is 2.92. The van der Waals surface area contributed by atoms with Gasteiger partial charge in [-0.1, -0.05) is 66.5 Å². The van der Waals surface area contributed by atoms with E-state index in [2.05, 4.69) is 54.5 Å². The number of carbonyl (C=O) groups excluding carboxylic acids is 1. The maximum atomic E-state index is 12.4. The van der Waals surface area contributed by atoms with Gasteiger partial charge in [0.2, 0.25) is 0 Å². The van der Waals surface area contributed by atoms with Gasteiger partial charge >= 0.3 is 0 Å². The first-order chi connectivity index (χ1) is 14.4. The van der Waals surface area contributed by atoms with E-state index in [9.17, 15) is 4.79 Å². The minimum Gasteiger partial charge on any atom is -0.303 e. The van der Waals surface area contributed by atoms with E-state index >= 15 is 0 Å². The van der Waals surface area contributed by atoms with Gasteiger partial charge in [0.25, 0.3) is 0 Å². The fraction of sp³-hybridized carbons (Fsp3) is 0.900. The van der Waals surface area contributed by atoms with Gasteiger partial charge in [0, 0.05) is 5.92 Å². The van der Waals surface area contributed by atoms with Crippen LogP contribution < -0.4 is 0 Å². The van der Waals surface area contributed by atoms with Gasteiger partial charge in [-0.05, 0) is 109 Å². The molecule has 174 valence electrons. The predicted octanol–water partition coefficient (Wildman–Crippen LogP) is 8.23. The average Bonchev–Trinajstić information content (AvgIpc) is 2.69. The summed E-state index contributed by atoms with van der Waals surface area (Å²) < 4.78 is 0. The van der Waals surface area contributed by atoms with Crippen molar-refractivity contribution in [2.45, 2.75) is 113 Å². The van der Waals surface area contributed by atoms with Gasteiger partial charge in [0.15, 0.2) is 0 Å². The smallest absolute Gasteiger partial charge is 0.123 e. The Kier molecular flexibility index (Phi) is 4.82. The van der Waals surface area contributed by atoms with Gasteiger partial charge in [-0.25, -0.2) is 0 Å². The van der Waals surface area contributed by atoms with Gasteiger partial charge in [-0.15, -0.1) is 0 Å². The summed E-state index contributed by atoms with van der Waals surface area (Å²) in [5.41, 5.74) is 3.68. The number of hydrogen-bond acceptors (Lipinski definition) is 1. The molecular formula is C30H48O. The molecule has 0 radical (unpaired) electrons. The largest absolute Gasteiger partial charge is 0.303 e. The number of fused-ring (bicyclic) bond motifs is 7. The Morgan fingerprint density at radius 2 is 1.61 bits per heavy atom. The average molecular weight is 425 g/mol. The highest BCUT2D eigenvalue weighted by Gasteiger charge is 2.67. The van der Waals surface area contributed by atoms with Gasteiger partial charge in [0.1, 0.15) is 6.29 Å². The lowest BCUT2D eigenvalue weighted by Gasteiger charge is -2.71. The molecule has 0 bridgehead atoms. The summed E-state index contributed by atoms with van der Waals surface area (Å²) in [5, 5.41) is 0. The van der Waals surface area contributed by atoms with Crippen LogP contribution in [-0.4, -0.2) is 6.29 Å².